The van der Waals surface area contributed by atoms with Crippen molar-refractivity contribution in [2.45, 2.75) is 38.6 Å². The molecule has 1 saturated heterocycles. The van der Waals surface area contributed by atoms with Crippen molar-refractivity contribution in [1.29, 1.82) is 0 Å². The molecular formula is C15H25ClN4O2. The predicted molar refractivity (Wildman–Crippen MR) is 88.1 cm³/mol. The van der Waals surface area contributed by atoms with Crippen molar-refractivity contribution in [3.05, 3.63) is 23.5 Å². The molecular weight excluding hydrogens is 304 g/mol. The summed E-state index contributed by atoms with van der Waals surface area (Å²) in [5.41, 5.74) is 6.97. The van der Waals surface area contributed by atoms with Crippen LogP contribution in [0.5, 0.6) is 0 Å². The van der Waals surface area contributed by atoms with Gasteiger partial charge in [-0.05, 0) is 32.3 Å². The van der Waals surface area contributed by atoms with Gasteiger partial charge in [0.15, 0.2) is 0 Å². The number of aromatic amines is 1. The van der Waals surface area contributed by atoms with Crippen LogP contribution in [0.25, 0.3) is 0 Å². The van der Waals surface area contributed by atoms with Gasteiger partial charge >= 0.3 is 0 Å². The average Bonchev–Trinajstić information content (AvgIpc) is 2.91. The maximum atomic E-state index is 12.6. The lowest BCUT2D eigenvalue weighted by Gasteiger charge is -2.36. The largest absolute Gasteiger partial charge is 0.365 e. The van der Waals surface area contributed by atoms with Crippen LogP contribution < -0.4 is 11.1 Å². The predicted octanol–water partition coefficient (Wildman–Crippen LogP) is 1.20. The van der Waals surface area contributed by atoms with Gasteiger partial charge < -0.3 is 20.9 Å². The maximum Gasteiger partial charge on any atom is 0.255 e. The highest BCUT2D eigenvalue weighted by molar-refractivity contribution is 5.95. The molecule has 1 atom stereocenters. The first-order valence-electron chi connectivity index (χ1n) is 7.55. The molecule has 4 N–H and O–H groups in total. The van der Waals surface area contributed by atoms with Crippen LogP contribution >= 0.6 is 12.4 Å². The molecule has 22 heavy (non-hydrogen) atoms. The van der Waals surface area contributed by atoms with Crippen LogP contribution in [0.1, 0.15) is 41.7 Å². The molecule has 7 heteroatoms. The molecule has 124 valence electrons. The standard InChI is InChI=1S/C15H24N4O2.ClH/c1-11-13(6-8-17-11)15(21)19-9-3-2-4-12(19)10-18-14(20)5-7-16;/h6,8,12,17H,2-5,7,9-10,16H2,1H3,(H,18,20);1H. The van der Waals surface area contributed by atoms with Crippen LogP contribution in [0.2, 0.25) is 0 Å². The Morgan fingerprint density at radius 1 is 1.45 bits per heavy atom. The summed E-state index contributed by atoms with van der Waals surface area (Å²) in [6, 6.07) is 1.89. The van der Waals surface area contributed by atoms with E-state index in [0.717, 1.165) is 37.1 Å². The van der Waals surface area contributed by atoms with Gasteiger partial charge in [0.2, 0.25) is 5.91 Å². The van der Waals surface area contributed by atoms with E-state index in [9.17, 15) is 9.59 Å². The summed E-state index contributed by atoms with van der Waals surface area (Å²) in [5.74, 6) is -0.000165. The Morgan fingerprint density at radius 2 is 2.23 bits per heavy atom. The van der Waals surface area contributed by atoms with Crippen LogP contribution in [0.15, 0.2) is 12.3 Å². The lowest BCUT2D eigenvalue weighted by atomic mass is 10.0. The van der Waals surface area contributed by atoms with Gasteiger partial charge in [-0.15, -0.1) is 12.4 Å². The number of carbonyl (C=O) groups excluding carboxylic acids is 2. The van der Waals surface area contributed by atoms with Crippen LogP contribution in [0.4, 0.5) is 0 Å². The molecule has 0 aliphatic carbocycles. The molecule has 1 unspecified atom stereocenters. The van der Waals surface area contributed by atoms with Crippen LogP contribution in [0.3, 0.4) is 0 Å². The number of hydrogen-bond acceptors (Lipinski definition) is 3. The van der Waals surface area contributed by atoms with Crippen molar-refractivity contribution >= 4 is 24.2 Å². The Kier molecular flexibility index (Phi) is 7.41. The van der Waals surface area contributed by atoms with Crippen molar-refractivity contribution in [1.82, 2.24) is 15.2 Å². The fourth-order valence-corrected chi connectivity index (χ4v) is 2.77. The Bertz CT molecular complexity index is 503. The number of carbonyl (C=O) groups is 2. The smallest absolute Gasteiger partial charge is 0.255 e. The quantitative estimate of drug-likeness (QED) is 0.758. The van der Waals surface area contributed by atoms with Crippen LogP contribution in [-0.2, 0) is 4.79 Å². The summed E-state index contributed by atoms with van der Waals surface area (Å²) in [6.45, 7) is 3.51. The summed E-state index contributed by atoms with van der Waals surface area (Å²) in [7, 11) is 0. The Hall–Kier alpha value is -1.53. The number of likely N-dealkylation sites (tertiary alicyclic amines) is 1. The second kappa shape index (κ2) is 8.80. The van der Waals surface area contributed by atoms with Gasteiger partial charge in [-0.1, -0.05) is 0 Å². The number of H-pyrrole nitrogens is 1. The van der Waals surface area contributed by atoms with Crippen molar-refractivity contribution < 1.29 is 9.59 Å². The first-order valence-corrected chi connectivity index (χ1v) is 7.55. The van der Waals surface area contributed by atoms with Gasteiger partial charge in [0.05, 0.1) is 5.56 Å². The number of piperidine rings is 1. The number of nitrogens with one attached hydrogen (secondary N) is 2. The molecule has 0 saturated carbocycles. The van der Waals surface area contributed by atoms with E-state index in [1.807, 2.05) is 17.9 Å². The number of amides is 2. The normalized spacial score (nSPS) is 17.7. The van der Waals surface area contributed by atoms with Gasteiger partial charge in [-0.25, -0.2) is 0 Å². The molecule has 0 radical (unpaired) electrons. The molecule has 2 rings (SSSR count). The zero-order chi connectivity index (χ0) is 15.2. The molecule has 0 aromatic carbocycles. The molecule has 1 aliphatic rings. The monoisotopic (exact) mass is 328 g/mol. The van der Waals surface area contributed by atoms with Crippen LogP contribution in [-0.4, -0.2) is 47.4 Å². The third-order valence-corrected chi connectivity index (χ3v) is 3.98. The zero-order valence-corrected chi connectivity index (χ0v) is 13.7. The first-order chi connectivity index (χ1) is 10.1. The fourth-order valence-electron chi connectivity index (χ4n) is 2.77. The number of rotatable bonds is 5. The number of nitrogens with zero attached hydrogens (tertiary/aromatic N) is 1. The average molecular weight is 329 g/mol. The van der Waals surface area contributed by atoms with E-state index in [4.69, 9.17) is 5.73 Å². The summed E-state index contributed by atoms with van der Waals surface area (Å²) in [4.78, 5) is 29.1. The second-order valence-corrected chi connectivity index (χ2v) is 5.51. The summed E-state index contributed by atoms with van der Waals surface area (Å²) < 4.78 is 0. The minimum absolute atomic E-state index is 0. The maximum absolute atomic E-state index is 12.6. The van der Waals surface area contributed by atoms with Crippen LogP contribution in [0, 0.1) is 6.92 Å². The molecule has 1 aromatic rings. The Balaban J connectivity index is 0.00000242. The summed E-state index contributed by atoms with van der Waals surface area (Å²) in [5, 5.41) is 2.88. The van der Waals surface area contributed by atoms with Gasteiger partial charge in [-0.3, -0.25) is 9.59 Å². The number of halogens is 1. The molecule has 2 amide bonds. The zero-order valence-electron chi connectivity index (χ0n) is 12.9. The van der Waals surface area contributed by atoms with Gasteiger partial charge in [0, 0.05) is 44.0 Å². The van der Waals surface area contributed by atoms with Crippen molar-refractivity contribution in [3.63, 3.8) is 0 Å². The van der Waals surface area contributed by atoms with Gasteiger partial charge in [0.1, 0.15) is 0 Å². The molecule has 1 fully saturated rings. The fraction of sp³-hybridized carbons (Fsp3) is 0.600. The molecule has 6 nitrogen and oxygen atoms in total. The van der Waals surface area contributed by atoms with E-state index in [2.05, 4.69) is 10.3 Å². The Labute approximate surface area is 137 Å². The van der Waals surface area contributed by atoms with Crippen molar-refractivity contribution in [3.8, 4) is 0 Å². The van der Waals surface area contributed by atoms with Crippen molar-refractivity contribution in [2.24, 2.45) is 5.73 Å². The molecule has 0 spiro atoms. The SMILES string of the molecule is Cc1[nH]ccc1C(=O)N1CCCCC1CNC(=O)CCN.Cl. The van der Waals surface area contributed by atoms with E-state index in [1.54, 1.807) is 6.20 Å². The van der Waals surface area contributed by atoms with E-state index in [0.29, 0.717) is 19.5 Å². The lowest BCUT2D eigenvalue weighted by Crippen LogP contribution is -2.49. The van der Waals surface area contributed by atoms with Gasteiger partial charge in [-0.2, -0.15) is 0 Å². The summed E-state index contributed by atoms with van der Waals surface area (Å²) in [6.07, 6.45) is 5.15. The van der Waals surface area contributed by atoms with E-state index >= 15 is 0 Å². The lowest BCUT2D eigenvalue weighted by molar-refractivity contribution is -0.121. The highest BCUT2D eigenvalue weighted by Gasteiger charge is 2.28. The number of nitrogens with two attached hydrogens (primary N) is 1. The number of hydrogen-bond donors (Lipinski definition) is 3. The van der Waals surface area contributed by atoms with E-state index < -0.39 is 0 Å². The third-order valence-electron chi connectivity index (χ3n) is 3.98. The molecule has 1 aliphatic heterocycles. The minimum Gasteiger partial charge on any atom is -0.365 e. The molecule has 2 heterocycles. The van der Waals surface area contributed by atoms with E-state index in [1.165, 1.54) is 0 Å². The molecule has 0 bridgehead atoms. The molecule has 1 aromatic heterocycles. The first kappa shape index (κ1) is 18.5. The number of aryl methyl sites for hydroxylation is 1. The third kappa shape index (κ3) is 4.48. The highest BCUT2D eigenvalue weighted by atomic mass is 35.5. The summed E-state index contributed by atoms with van der Waals surface area (Å²) >= 11 is 0. The van der Waals surface area contributed by atoms with Gasteiger partial charge in [0.25, 0.3) is 5.91 Å². The second-order valence-electron chi connectivity index (χ2n) is 5.51. The minimum atomic E-state index is -0.0479. The topological polar surface area (TPSA) is 91.2 Å². The van der Waals surface area contributed by atoms with E-state index in [-0.39, 0.29) is 30.3 Å². The highest BCUT2D eigenvalue weighted by Crippen LogP contribution is 2.20. The Morgan fingerprint density at radius 3 is 2.86 bits per heavy atom. The number of aromatic nitrogens is 1. The van der Waals surface area contributed by atoms with Crippen molar-refractivity contribution in [2.75, 3.05) is 19.6 Å².